The molecular formula is C9H11N5O2. The molecule has 0 radical (unpaired) electrons. The van der Waals surface area contributed by atoms with Crippen LogP contribution in [0.25, 0.3) is 0 Å². The number of rotatable bonds is 2. The van der Waals surface area contributed by atoms with Crippen LogP contribution < -0.4 is 10.6 Å². The first-order chi connectivity index (χ1) is 7.63. The highest BCUT2D eigenvalue weighted by Gasteiger charge is 2.06. The van der Waals surface area contributed by atoms with Crippen molar-refractivity contribution in [2.45, 2.75) is 6.92 Å². The van der Waals surface area contributed by atoms with E-state index >= 15 is 0 Å². The van der Waals surface area contributed by atoms with Crippen molar-refractivity contribution in [2.24, 2.45) is 7.05 Å². The van der Waals surface area contributed by atoms with Gasteiger partial charge in [0.2, 0.25) is 0 Å². The van der Waals surface area contributed by atoms with Crippen LogP contribution >= 0.6 is 0 Å². The summed E-state index contributed by atoms with van der Waals surface area (Å²) >= 11 is 0. The maximum Gasteiger partial charge on any atom is 0.325 e. The van der Waals surface area contributed by atoms with Crippen molar-refractivity contribution in [3.8, 4) is 0 Å². The summed E-state index contributed by atoms with van der Waals surface area (Å²) in [6.45, 7) is 1.75. The van der Waals surface area contributed by atoms with Gasteiger partial charge in [0.1, 0.15) is 5.76 Å². The lowest BCUT2D eigenvalue weighted by atomic mass is 10.5. The number of carbonyl (C=O) groups excluding carboxylic acids is 1. The smallest absolute Gasteiger partial charge is 0.325 e. The second kappa shape index (κ2) is 4.05. The Bertz CT molecular complexity index is 457. The number of hydrogen-bond donors (Lipinski definition) is 2. The van der Waals surface area contributed by atoms with Crippen LogP contribution in [0.3, 0.4) is 0 Å². The first-order valence-electron chi connectivity index (χ1n) is 4.63. The van der Waals surface area contributed by atoms with Crippen molar-refractivity contribution in [1.29, 1.82) is 0 Å². The fraction of sp³-hybridized carbons (Fsp3) is 0.222. The Morgan fingerprint density at radius 2 is 2.31 bits per heavy atom. The number of aryl methyl sites for hydroxylation is 2. The van der Waals surface area contributed by atoms with E-state index in [4.69, 9.17) is 4.52 Å². The lowest BCUT2D eigenvalue weighted by Gasteiger charge is -2.01. The van der Waals surface area contributed by atoms with Crippen LogP contribution in [-0.2, 0) is 7.05 Å². The molecule has 0 aromatic carbocycles. The number of nitrogens with one attached hydrogen (secondary N) is 2. The predicted octanol–water partition coefficient (Wildman–Crippen LogP) is 1.36. The van der Waals surface area contributed by atoms with Gasteiger partial charge >= 0.3 is 6.03 Å². The van der Waals surface area contributed by atoms with E-state index in [1.54, 1.807) is 37.1 Å². The highest BCUT2D eigenvalue weighted by atomic mass is 16.5. The van der Waals surface area contributed by atoms with Gasteiger partial charge in [0.15, 0.2) is 5.82 Å². The topological polar surface area (TPSA) is 85.0 Å². The molecule has 0 fully saturated rings. The third-order valence-corrected chi connectivity index (χ3v) is 1.83. The van der Waals surface area contributed by atoms with E-state index in [0.29, 0.717) is 17.3 Å². The third-order valence-electron chi connectivity index (χ3n) is 1.83. The minimum atomic E-state index is -0.388. The van der Waals surface area contributed by atoms with Crippen molar-refractivity contribution in [2.75, 3.05) is 10.6 Å². The predicted molar refractivity (Wildman–Crippen MR) is 57.1 cm³/mol. The summed E-state index contributed by atoms with van der Waals surface area (Å²) in [5, 5.41) is 12.7. The standard InChI is InChI=1S/C9H11N5O2/c1-6-3-8(13-16-6)12-9(15)11-7-4-10-14(2)5-7/h3-5H,1-2H3,(H2,11,12,13,15). The largest absolute Gasteiger partial charge is 0.360 e. The van der Waals surface area contributed by atoms with Crippen LogP contribution in [0.5, 0.6) is 0 Å². The van der Waals surface area contributed by atoms with Gasteiger partial charge in [-0.25, -0.2) is 4.79 Å². The molecule has 0 spiro atoms. The number of amides is 2. The molecule has 2 aromatic heterocycles. The monoisotopic (exact) mass is 221 g/mol. The molecule has 0 bridgehead atoms. The first kappa shape index (κ1) is 10.2. The van der Waals surface area contributed by atoms with Gasteiger partial charge in [0.05, 0.1) is 11.9 Å². The van der Waals surface area contributed by atoms with Crippen molar-refractivity contribution in [3.05, 3.63) is 24.2 Å². The fourth-order valence-electron chi connectivity index (χ4n) is 1.19. The Kier molecular flexibility index (Phi) is 2.59. The van der Waals surface area contributed by atoms with Crippen LogP contribution in [0.4, 0.5) is 16.3 Å². The highest BCUT2D eigenvalue weighted by Crippen LogP contribution is 2.08. The Morgan fingerprint density at radius 1 is 1.50 bits per heavy atom. The van der Waals surface area contributed by atoms with E-state index in [-0.39, 0.29) is 6.03 Å². The lowest BCUT2D eigenvalue weighted by Crippen LogP contribution is -2.19. The molecule has 2 rings (SSSR count). The van der Waals surface area contributed by atoms with Gasteiger partial charge in [-0.05, 0) is 6.92 Å². The highest BCUT2D eigenvalue weighted by molar-refractivity contribution is 5.98. The number of hydrogen-bond acceptors (Lipinski definition) is 4. The first-order valence-corrected chi connectivity index (χ1v) is 4.63. The Labute approximate surface area is 91.4 Å². The fourth-order valence-corrected chi connectivity index (χ4v) is 1.19. The Balaban J connectivity index is 1.94. The Hall–Kier alpha value is -2.31. The molecule has 84 valence electrons. The number of aromatic nitrogens is 3. The second-order valence-electron chi connectivity index (χ2n) is 3.30. The van der Waals surface area contributed by atoms with Gasteiger partial charge in [0, 0.05) is 19.3 Å². The van der Waals surface area contributed by atoms with Gasteiger partial charge in [0.25, 0.3) is 0 Å². The molecular weight excluding hydrogens is 210 g/mol. The van der Waals surface area contributed by atoms with Crippen LogP contribution in [-0.4, -0.2) is 21.0 Å². The maximum absolute atomic E-state index is 11.5. The second-order valence-corrected chi connectivity index (χ2v) is 3.30. The molecule has 2 heterocycles. The molecule has 2 amide bonds. The van der Waals surface area contributed by atoms with Crippen molar-refractivity contribution in [1.82, 2.24) is 14.9 Å². The summed E-state index contributed by atoms with van der Waals surface area (Å²) < 4.78 is 6.40. The van der Waals surface area contributed by atoms with Crippen molar-refractivity contribution in [3.63, 3.8) is 0 Å². The average Bonchev–Trinajstić information content (AvgIpc) is 2.76. The number of nitrogens with zero attached hydrogens (tertiary/aromatic N) is 3. The summed E-state index contributed by atoms with van der Waals surface area (Å²) in [6, 6.07) is 1.24. The van der Waals surface area contributed by atoms with E-state index in [1.165, 1.54) is 0 Å². The number of carbonyl (C=O) groups is 1. The van der Waals surface area contributed by atoms with Crippen molar-refractivity contribution < 1.29 is 9.32 Å². The van der Waals surface area contributed by atoms with Crippen molar-refractivity contribution >= 4 is 17.5 Å². The van der Waals surface area contributed by atoms with Gasteiger partial charge in [-0.3, -0.25) is 10.00 Å². The van der Waals surface area contributed by atoms with Gasteiger partial charge < -0.3 is 9.84 Å². The quantitative estimate of drug-likeness (QED) is 0.801. The van der Waals surface area contributed by atoms with Crippen LogP contribution in [0.1, 0.15) is 5.76 Å². The zero-order chi connectivity index (χ0) is 11.5. The van der Waals surface area contributed by atoms with E-state index in [1.807, 2.05) is 0 Å². The van der Waals surface area contributed by atoms with E-state index < -0.39 is 0 Å². The summed E-state index contributed by atoms with van der Waals surface area (Å²) in [7, 11) is 1.77. The molecule has 7 heteroatoms. The number of urea groups is 1. The van der Waals surface area contributed by atoms with E-state index in [0.717, 1.165) is 0 Å². The van der Waals surface area contributed by atoms with Crippen LogP contribution in [0, 0.1) is 6.92 Å². The molecule has 0 aliphatic carbocycles. The maximum atomic E-state index is 11.5. The number of anilines is 2. The minimum absolute atomic E-state index is 0.374. The molecule has 16 heavy (non-hydrogen) atoms. The van der Waals surface area contributed by atoms with E-state index in [2.05, 4.69) is 20.9 Å². The molecule has 0 aliphatic rings. The molecule has 0 unspecified atom stereocenters. The van der Waals surface area contributed by atoms with Gasteiger partial charge in [-0.15, -0.1) is 0 Å². The summed E-state index contributed by atoms with van der Waals surface area (Å²) in [5.41, 5.74) is 0.611. The molecule has 2 N–H and O–H groups in total. The lowest BCUT2D eigenvalue weighted by molar-refractivity contribution is 0.262. The van der Waals surface area contributed by atoms with E-state index in [9.17, 15) is 4.79 Å². The molecule has 7 nitrogen and oxygen atoms in total. The molecule has 0 atom stereocenters. The third kappa shape index (κ3) is 2.38. The summed E-state index contributed by atoms with van der Waals surface area (Å²) in [6.07, 6.45) is 3.24. The van der Waals surface area contributed by atoms with Gasteiger partial charge in [-0.2, -0.15) is 5.10 Å². The minimum Gasteiger partial charge on any atom is -0.360 e. The molecule has 2 aromatic rings. The summed E-state index contributed by atoms with van der Waals surface area (Å²) in [4.78, 5) is 11.5. The summed E-state index contributed by atoms with van der Waals surface area (Å²) in [5.74, 6) is 1.01. The molecule has 0 aliphatic heterocycles. The SMILES string of the molecule is Cc1cc(NC(=O)Nc2cnn(C)c2)no1. The zero-order valence-electron chi connectivity index (χ0n) is 8.89. The molecule has 0 saturated heterocycles. The Morgan fingerprint density at radius 3 is 2.88 bits per heavy atom. The normalized spacial score (nSPS) is 10.1. The van der Waals surface area contributed by atoms with Crippen LogP contribution in [0.2, 0.25) is 0 Å². The molecule has 0 saturated carbocycles. The van der Waals surface area contributed by atoms with Gasteiger partial charge in [-0.1, -0.05) is 5.16 Å². The average molecular weight is 221 g/mol. The van der Waals surface area contributed by atoms with Crippen LogP contribution in [0.15, 0.2) is 23.0 Å². The zero-order valence-corrected chi connectivity index (χ0v) is 8.89.